The van der Waals surface area contributed by atoms with Gasteiger partial charge in [0.1, 0.15) is 5.01 Å². The Morgan fingerprint density at radius 1 is 0.750 bits per heavy atom. The van der Waals surface area contributed by atoms with Crippen LogP contribution in [0.4, 0.5) is 5.69 Å². The molecule has 36 heavy (non-hydrogen) atoms. The van der Waals surface area contributed by atoms with Crippen LogP contribution in [0.3, 0.4) is 0 Å². The highest BCUT2D eigenvalue weighted by Crippen LogP contribution is 2.33. The number of rotatable bonds is 4. The van der Waals surface area contributed by atoms with Gasteiger partial charge in [0, 0.05) is 22.2 Å². The van der Waals surface area contributed by atoms with E-state index in [0.717, 1.165) is 49.5 Å². The Kier molecular flexibility index (Phi) is 5.55. The van der Waals surface area contributed by atoms with Gasteiger partial charge in [-0.25, -0.2) is 9.97 Å². The molecule has 4 aromatic carbocycles. The summed E-state index contributed by atoms with van der Waals surface area (Å²) in [6.07, 6.45) is 0. The van der Waals surface area contributed by atoms with Crippen LogP contribution in [0.15, 0.2) is 97.1 Å². The van der Waals surface area contributed by atoms with E-state index in [-0.39, 0.29) is 5.91 Å². The molecule has 0 radical (unpaired) electrons. The van der Waals surface area contributed by atoms with Crippen molar-refractivity contribution in [3.63, 3.8) is 0 Å². The highest BCUT2D eigenvalue weighted by atomic mass is 32.1. The minimum atomic E-state index is -0.147. The Hall–Kier alpha value is -4.35. The van der Waals surface area contributed by atoms with Crippen LogP contribution in [0.1, 0.15) is 21.5 Å². The van der Waals surface area contributed by atoms with Gasteiger partial charge in [-0.2, -0.15) is 0 Å². The fourth-order valence-corrected chi connectivity index (χ4v) is 5.59. The number of pyridine rings is 1. The molecule has 5 heteroatoms. The maximum Gasteiger partial charge on any atom is 0.256 e. The lowest BCUT2D eigenvalue weighted by Gasteiger charge is -2.15. The summed E-state index contributed by atoms with van der Waals surface area (Å²) in [5.74, 6) is -0.147. The molecule has 0 saturated carbocycles. The van der Waals surface area contributed by atoms with E-state index < -0.39 is 0 Å². The largest absolute Gasteiger partial charge is 0.322 e. The molecular formula is C31H23N3OS. The minimum absolute atomic E-state index is 0.147. The first-order chi connectivity index (χ1) is 17.6. The van der Waals surface area contributed by atoms with Gasteiger partial charge in [0.05, 0.1) is 27.0 Å². The number of amides is 1. The smallest absolute Gasteiger partial charge is 0.256 e. The second-order valence-electron chi connectivity index (χ2n) is 8.87. The number of hydrogen-bond acceptors (Lipinski definition) is 4. The van der Waals surface area contributed by atoms with E-state index in [1.165, 1.54) is 10.3 Å². The van der Waals surface area contributed by atoms with Gasteiger partial charge in [-0.1, -0.05) is 54.6 Å². The van der Waals surface area contributed by atoms with Gasteiger partial charge in [0.25, 0.3) is 5.91 Å². The third kappa shape index (κ3) is 4.04. The van der Waals surface area contributed by atoms with Crippen molar-refractivity contribution in [2.45, 2.75) is 13.8 Å². The van der Waals surface area contributed by atoms with Gasteiger partial charge >= 0.3 is 0 Å². The Bertz CT molecular complexity index is 1740. The number of fused-ring (bicyclic) bond motifs is 2. The highest BCUT2D eigenvalue weighted by molar-refractivity contribution is 7.21. The number of carbonyl (C=O) groups is 1. The summed E-state index contributed by atoms with van der Waals surface area (Å²) in [6.45, 7) is 4.06. The molecule has 0 aliphatic heterocycles. The van der Waals surface area contributed by atoms with Crippen molar-refractivity contribution in [1.82, 2.24) is 9.97 Å². The normalized spacial score (nSPS) is 11.2. The zero-order valence-corrected chi connectivity index (χ0v) is 20.8. The van der Waals surface area contributed by atoms with Crippen LogP contribution in [0, 0.1) is 13.8 Å². The minimum Gasteiger partial charge on any atom is -0.322 e. The van der Waals surface area contributed by atoms with Crippen molar-refractivity contribution < 1.29 is 4.79 Å². The Labute approximate surface area is 213 Å². The van der Waals surface area contributed by atoms with Crippen molar-refractivity contribution in [2.75, 3.05) is 5.32 Å². The fraction of sp³-hybridized carbons (Fsp3) is 0.0645. The van der Waals surface area contributed by atoms with E-state index in [9.17, 15) is 4.79 Å². The molecule has 0 atom stereocenters. The summed E-state index contributed by atoms with van der Waals surface area (Å²) in [6, 6.07) is 32.0. The summed E-state index contributed by atoms with van der Waals surface area (Å²) in [7, 11) is 0. The average molecular weight is 486 g/mol. The first-order valence-electron chi connectivity index (χ1n) is 11.8. The number of anilines is 1. The lowest BCUT2D eigenvalue weighted by Crippen LogP contribution is -2.15. The van der Waals surface area contributed by atoms with Gasteiger partial charge in [-0.05, 0) is 67.4 Å². The standard InChI is InChI=1S/C31H23N3OS/c1-19-12-17-26-27(18-19)36-31(34-26)22-13-15-23(16-14-22)32-30(35)28-20(2)29(21-8-4-3-5-9-21)33-25-11-7-6-10-24(25)28/h3-18H,1-2H3,(H,32,35). The maximum absolute atomic E-state index is 13.6. The fourth-order valence-electron chi connectivity index (χ4n) is 4.52. The molecule has 1 N–H and O–H groups in total. The number of aryl methyl sites for hydroxylation is 1. The van der Waals surface area contributed by atoms with Gasteiger partial charge < -0.3 is 5.32 Å². The Morgan fingerprint density at radius 3 is 2.31 bits per heavy atom. The SMILES string of the molecule is Cc1ccc2nc(-c3ccc(NC(=O)c4c(C)c(-c5ccccc5)nc5ccccc45)cc3)sc2c1. The molecule has 174 valence electrons. The first kappa shape index (κ1) is 22.1. The number of carbonyl (C=O) groups excluding carboxylic acids is 1. The summed E-state index contributed by atoms with van der Waals surface area (Å²) < 4.78 is 1.18. The molecule has 2 heterocycles. The summed E-state index contributed by atoms with van der Waals surface area (Å²) >= 11 is 1.68. The van der Waals surface area contributed by atoms with Crippen LogP contribution in [-0.4, -0.2) is 15.9 Å². The van der Waals surface area contributed by atoms with Crippen LogP contribution >= 0.6 is 11.3 Å². The van der Waals surface area contributed by atoms with Crippen molar-refractivity contribution >= 4 is 44.1 Å². The molecule has 0 bridgehead atoms. The van der Waals surface area contributed by atoms with E-state index in [1.54, 1.807) is 11.3 Å². The van der Waals surface area contributed by atoms with E-state index in [1.807, 2.05) is 85.8 Å². The molecule has 0 saturated heterocycles. The number of benzene rings is 4. The van der Waals surface area contributed by atoms with E-state index in [4.69, 9.17) is 9.97 Å². The summed E-state index contributed by atoms with van der Waals surface area (Å²) in [5.41, 5.74) is 8.12. The molecule has 0 fully saturated rings. The third-order valence-corrected chi connectivity index (χ3v) is 7.41. The predicted molar refractivity (Wildman–Crippen MR) is 150 cm³/mol. The average Bonchev–Trinajstić information content (AvgIpc) is 3.32. The lowest BCUT2D eigenvalue weighted by atomic mass is 9.97. The van der Waals surface area contributed by atoms with Crippen molar-refractivity contribution in [3.05, 3.63) is 114 Å². The summed E-state index contributed by atoms with van der Waals surface area (Å²) in [5, 5.41) is 4.91. The molecule has 0 aliphatic carbocycles. The molecule has 0 spiro atoms. The molecule has 1 amide bonds. The lowest BCUT2D eigenvalue weighted by molar-refractivity contribution is 0.102. The maximum atomic E-state index is 13.6. The number of para-hydroxylation sites is 1. The zero-order chi connectivity index (χ0) is 24.6. The summed E-state index contributed by atoms with van der Waals surface area (Å²) in [4.78, 5) is 23.2. The molecule has 6 rings (SSSR count). The molecule has 0 aliphatic rings. The van der Waals surface area contributed by atoms with Crippen molar-refractivity contribution in [3.8, 4) is 21.8 Å². The first-order valence-corrected chi connectivity index (χ1v) is 12.6. The molecule has 4 nitrogen and oxygen atoms in total. The van der Waals surface area contributed by atoms with E-state index >= 15 is 0 Å². The Balaban J connectivity index is 1.34. The van der Waals surface area contributed by atoms with Gasteiger partial charge in [-0.15, -0.1) is 11.3 Å². The number of aromatic nitrogens is 2. The Morgan fingerprint density at radius 2 is 1.50 bits per heavy atom. The molecule has 6 aromatic rings. The number of hydrogen-bond donors (Lipinski definition) is 1. The van der Waals surface area contributed by atoms with Crippen LogP contribution in [-0.2, 0) is 0 Å². The third-order valence-electron chi connectivity index (χ3n) is 6.34. The van der Waals surface area contributed by atoms with Crippen LogP contribution in [0.5, 0.6) is 0 Å². The number of nitrogens with one attached hydrogen (secondary N) is 1. The second kappa shape index (κ2) is 9.02. The number of thiazole rings is 1. The van der Waals surface area contributed by atoms with Crippen LogP contribution in [0.2, 0.25) is 0 Å². The van der Waals surface area contributed by atoms with E-state index in [2.05, 4.69) is 30.4 Å². The van der Waals surface area contributed by atoms with Crippen molar-refractivity contribution in [2.24, 2.45) is 0 Å². The van der Waals surface area contributed by atoms with Gasteiger partial charge in [-0.3, -0.25) is 4.79 Å². The topological polar surface area (TPSA) is 54.9 Å². The number of nitrogens with zero attached hydrogens (tertiary/aromatic N) is 2. The van der Waals surface area contributed by atoms with Crippen molar-refractivity contribution in [1.29, 1.82) is 0 Å². The van der Waals surface area contributed by atoms with Crippen LogP contribution < -0.4 is 5.32 Å². The van der Waals surface area contributed by atoms with Gasteiger partial charge in [0.15, 0.2) is 0 Å². The predicted octanol–water partition coefficient (Wildman–Crippen LogP) is 8.05. The highest BCUT2D eigenvalue weighted by Gasteiger charge is 2.19. The molecule has 2 aromatic heterocycles. The van der Waals surface area contributed by atoms with E-state index in [0.29, 0.717) is 5.56 Å². The van der Waals surface area contributed by atoms with Gasteiger partial charge in [0.2, 0.25) is 0 Å². The quantitative estimate of drug-likeness (QED) is 0.275. The van der Waals surface area contributed by atoms with Crippen LogP contribution in [0.25, 0.3) is 42.9 Å². The molecule has 0 unspecified atom stereocenters. The second-order valence-corrected chi connectivity index (χ2v) is 9.90. The monoisotopic (exact) mass is 485 g/mol. The zero-order valence-electron chi connectivity index (χ0n) is 19.9. The molecular weight excluding hydrogens is 462 g/mol.